The van der Waals surface area contributed by atoms with Crippen LogP contribution in [-0.4, -0.2) is 71.1 Å². The van der Waals surface area contributed by atoms with Crippen LogP contribution >= 0.6 is 0 Å². The first-order chi connectivity index (χ1) is 21.9. The molecule has 2 aromatic carbocycles. The van der Waals surface area contributed by atoms with Gasteiger partial charge in [0.15, 0.2) is 23.7 Å². The van der Waals surface area contributed by atoms with Gasteiger partial charge in [-0.05, 0) is 38.5 Å². The number of hydrogen-bond donors (Lipinski definition) is 3. The van der Waals surface area contributed by atoms with E-state index in [1.165, 1.54) is 39.0 Å². The van der Waals surface area contributed by atoms with E-state index >= 15 is 0 Å². The molecular weight excluding hydrogens is 612 g/mol. The lowest BCUT2D eigenvalue weighted by atomic mass is 9.83. The number of rotatable bonds is 6. The molecule has 1 fully saturated rings. The van der Waals surface area contributed by atoms with Gasteiger partial charge in [0.2, 0.25) is 12.2 Å². The first-order valence-corrected chi connectivity index (χ1v) is 15.2. The van der Waals surface area contributed by atoms with Gasteiger partial charge >= 0.3 is 23.9 Å². The number of carbonyl (C=O) groups is 6. The van der Waals surface area contributed by atoms with Crippen molar-refractivity contribution in [1.29, 1.82) is 0 Å². The zero-order valence-corrected chi connectivity index (χ0v) is 27.5. The number of Topliss-reactive ketones (excluding diaryl/α,β-unsaturated/α-hetero) is 1. The number of nitrogen functional groups attached to an aromatic ring is 1. The number of phenolic OH excluding ortho intramolecular Hbond substituents is 1. The average Bonchev–Trinajstić information content (AvgIpc) is 3.00. The summed E-state index contributed by atoms with van der Waals surface area (Å²) in [6, 6.07) is 10.9. The monoisotopic (exact) mass is 654 g/mol. The van der Waals surface area contributed by atoms with Gasteiger partial charge in [0.05, 0.1) is 11.3 Å². The van der Waals surface area contributed by atoms with Crippen LogP contribution in [0, 0.1) is 17.3 Å². The number of ketones is 1. The number of nitrogens with one attached hydrogen (secondary N) is 1. The summed E-state index contributed by atoms with van der Waals surface area (Å²) in [7, 11) is 0. The Labute approximate surface area is 273 Å². The molecule has 0 aliphatic carbocycles. The van der Waals surface area contributed by atoms with Crippen molar-refractivity contribution in [3.05, 3.63) is 59.7 Å². The lowest BCUT2D eigenvalue weighted by Crippen LogP contribution is -2.52. The van der Waals surface area contributed by atoms with Crippen molar-refractivity contribution in [2.45, 2.75) is 85.3 Å². The molecule has 254 valence electrons. The molecule has 0 radical (unpaired) electrons. The number of cyclic esters (lactones) is 4. The van der Waals surface area contributed by atoms with Crippen molar-refractivity contribution in [3.8, 4) is 5.75 Å². The summed E-state index contributed by atoms with van der Waals surface area (Å²) in [6.45, 7) is 10.2. The molecule has 3 rings (SSSR count). The number of anilines is 1. The van der Waals surface area contributed by atoms with Crippen molar-refractivity contribution in [2.24, 2.45) is 17.3 Å². The number of nitrogens with two attached hydrogens (primary N) is 1. The summed E-state index contributed by atoms with van der Waals surface area (Å²) < 4.78 is 22.3. The zero-order valence-electron chi connectivity index (χ0n) is 27.5. The molecule has 1 saturated heterocycles. The van der Waals surface area contributed by atoms with Gasteiger partial charge in [0, 0.05) is 18.3 Å². The van der Waals surface area contributed by atoms with Gasteiger partial charge in [0.1, 0.15) is 11.5 Å². The number of phenols is 1. The van der Waals surface area contributed by atoms with Crippen molar-refractivity contribution in [2.75, 3.05) is 5.73 Å². The molecule has 4 N–H and O–H groups in total. The smallest absolute Gasteiger partial charge is 0.348 e. The van der Waals surface area contributed by atoms with E-state index in [2.05, 4.69) is 5.32 Å². The minimum absolute atomic E-state index is 0.103. The molecule has 2 aromatic rings. The topological polar surface area (TPSA) is 198 Å². The van der Waals surface area contributed by atoms with Crippen molar-refractivity contribution >= 4 is 41.3 Å². The number of ether oxygens (including phenoxy) is 4. The van der Waals surface area contributed by atoms with Crippen LogP contribution in [0.5, 0.6) is 5.75 Å². The Morgan fingerprint density at radius 1 is 0.830 bits per heavy atom. The summed E-state index contributed by atoms with van der Waals surface area (Å²) in [5.74, 6) is -8.05. The Hall–Kier alpha value is -4.94. The van der Waals surface area contributed by atoms with E-state index in [-0.39, 0.29) is 17.7 Å². The first kappa shape index (κ1) is 36.5. The Kier molecular flexibility index (Phi) is 11.7. The Morgan fingerprint density at radius 3 is 2.00 bits per heavy atom. The number of benzene rings is 2. The lowest BCUT2D eigenvalue weighted by Gasteiger charge is -2.30. The van der Waals surface area contributed by atoms with E-state index in [1.54, 1.807) is 58.0 Å². The highest BCUT2D eigenvalue weighted by Crippen LogP contribution is 2.28. The van der Waals surface area contributed by atoms with Crippen LogP contribution in [0.4, 0.5) is 5.69 Å². The maximum absolute atomic E-state index is 13.9. The molecule has 1 aliphatic rings. The third-order valence-corrected chi connectivity index (χ3v) is 7.72. The summed E-state index contributed by atoms with van der Waals surface area (Å²) >= 11 is 0. The average molecular weight is 655 g/mol. The quantitative estimate of drug-likeness (QED) is 0.136. The predicted molar refractivity (Wildman–Crippen MR) is 168 cm³/mol. The molecule has 0 spiro atoms. The molecule has 0 bridgehead atoms. The molecule has 5 unspecified atom stereocenters. The number of carbonyl (C=O) groups excluding carboxylic acids is 6. The number of esters is 4. The van der Waals surface area contributed by atoms with Crippen molar-refractivity contribution in [1.82, 2.24) is 5.32 Å². The molecule has 0 aromatic heterocycles. The summed E-state index contributed by atoms with van der Waals surface area (Å²) in [5.41, 5.74) is 4.06. The predicted octanol–water partition coefficient (Wildman–Crippen LogP) is 2.90. The molecule has 13 heteroatoms. The van der Waals surface area contributed by atoms with E-state index < -0.39 is 89.0 Å². The normalized spacial score (nSPS) is 24.4. The Balaban J connectivity index is 2.10. The molecule has 5 atom stereocenters. The van der Waals surface area contributed by atoms with Crippen LogP contribution in [0.15, 0.2) is 48.5 Å². The fourth-order valence-electron chi connectivity index (χ4n) is 4.75. The Bertz CT molecular complexity index is 1500. The van der Waals surface area contributed by atoms with E-state index in [9.17, 15) is 33.9 Å². The number of para-hydroxylation sites is 1. The second-order valence-electron chi connectivity index (χ2n) is 12.6. The molecular formula is C34H42N2O11. The summed E-state index contributed by atoms with van der Waals surface area (Å²) in [6.07, 6.45) is -6.18. The lowest BCUT2D eigenvalue weighted by molar-refractivity contribution is -0.182. The fraction of sp³-hybridized carbons (Fsp3) is 0.471. The largest absolute Gasteiger partial charge is 0.505 e. The molecule has 1 aliphatic heterocycles. The first-order valence-electron chi connectivity index (χ1n) is 15.2. The second-order valence-corrected chi connectivity index (χ2v) is 12.6. The fourth-order valence-corrected chi connectivity index (χ4v) is 4.75. The van der Waals surface area contributed by atoms with Crippen molar-refractivity contribution in [3.63, 3.8) is 0 Å². The summed E-state index contributed by atoms with van der Waals surface area (Å²) in [4.78, 5) is 81.3. The minimum atomic E-state index is -1.89. The number of hydrogen-bond acceptors (Lipinski definition) is 12. The number of amides is 1. The van der Waals surface area contributed by atoms with Crippen LogP contribution in [0.1, 0.15) is 64.4 Å². The van der Waals surface area contributed by atoms with Gasteiger partial charge in [0.25, 0.3) is 5.91 Å². The van der Waals surface area contributed by atoms with Gasteiger partial charge in [-0.3, -0.25) is 14.4 Å². The van der Waals surface area contributed by atoms with Crippen LogP contribution in [0.3, 0.4) is 0 Å². The number of aromatic hydroxyl groups is 1. The SMILES string of the molecule is CC(C)C1OC(=O)C(NC(=O)c2cccc(N)c2O)C(C)OC(=O)C(C(C)C)OC(=O)C(C)(C)C(=O)C(Cc2ccccc2)OC1=O. The zero-order chi connectivity index (χ0) is 35.2. The third-order valence-electron chi connectivity index (χ3n) is 7.72. The van der Waals surface area contributed by atoms with Gasteiger partial charge < -0.3 is 35.1 Å². The third kappa shape index (κ3) is 8.66. The molecule has 1 heterocycles. The van der Waals surface area contributed by atoms with Gasteiger partial charge in [-0.1, -0.05) is 64.1 Å². The van der Waals surface area contributed by atoms with E-state index in [0.29, 0.717) is 5.56 Å². The highest BCUT2D eigenvalue weighted by Gasteiger charge is 2.47. The highest BCUT2D eigenvalue weighted by molar-refractivity contribution is 6.06. The maximum Gasteiger partial charge on any atom is 0.348 e. The second kappa shape index (κ2) is 15.1. The van der Waals surface area contributed by atoms with Crippen LogP contribution < -0.4 is 11.1 Å². The molecule has 1 amide bonds. The minimum Gasteiger partial charge on any atom is -0.505 e. The van der Waals surface area contributed by atoms with Crippen LogP contribution in [-0.2, 0) is 49.3 Å². The molecule has 0 saturated carbocycles. The standard InChI is InChI=1S/C34H42N2O11/c1-17(2)26-32(42)45-23(16-20-12-9-8-10-13-20)28(38)34(6,7)33(43)47-27(18(3)4)31(41)44-19(5)24(30(40)46-26)36-29(39)21-14-11-15-22(35)25(21)37/h8-15,17-19,23-24,26-27,37H,16,35H2,1-7H3,(H,36,39). The van der Waals surface area contributed by atoms with Crippen LogP contribution in [0.2, 0.25) is 0 Å². The van der Waals surface area contributed by atoms with Crippen molar-refractivity contribution < 1.29 is 52.8 Å². The van der Waals surface area contributed by atoms with Gasteiger partial charge in [-0.15, -0.1) is 0 Å². The van der Waals surface area contributed by atoms with E-state index in [1.807, 2.05) is 0 Å². The van der Waals surface area contributed by atoms with E-state index in [0.717, 1.165) is 0 Å². The maximum atomic E-state index is 13.9. The highest BCUT2D eigenvalue weighted by atomic mass is 16.6. The molecule has 13 nitrogen and oxygen atoms in total. The Morgan fingerprint density at radius 2 is 1.40 bits per heavy atom. The van der Waals surface area contributed by atoms with Crippen LogP contribution in [0.25, 0.3) is 0 Å². The molecule has 47 heavy (non-hydrogen) atoms. The van der Waals surface area contributed by atoms with Gasteiger partial charge in [-0.2, -0.15) is 0 Å². The van der Waals surface area contributed by atoms with Gasteiger partial charge in [-0.25, -0.2) is 14.4 Å². The summed E-state index contributed by atoms with van der Waals surface area (Å²) in [5, 5.41) is 12.7. The van der Waals surface area contributed by atoms with E-state index in [4.69, 9.17) is 24.7 Å².